The standard InChI is InChI=1S/C84H152N2O24/c1-3-5-7-9-11-13-15-17-19-21-23-25-27-29-35-89-37-39-91-41-43-93-45-47-95-49-51-97-53-55-99-57-59-101-61-63-103-65-67-105-69-71-107-73-75-109-83(87)79-31-33-85-81(77-79)82-78-80(32-34-86-82)84(88)110-76-74-108-72-70-106-68-66-104-64-62-102-60-58-100-56-54-98-52-50-96-48-46-94-44-42-92-40-38-90-36-30-28-26-24-22-20-18-16-14-12-10-8-6-4-2/h31-34,77-78H,3-30,35-76H2,1-2H3. The lowest BCUT2D eigenvalue weighted by Crippen LogP contribution is -2.16. The summed E-state index contributed by atoms with van der Waals surface area (Å²) >= 11 is 0. The third-order valence-electron chi connectivity index (χ3n) is 17.2. The summed E-state index contributed by atoms with van der Waals surface area (Å²) in [5.74, 6) is -1.10. The predicted molar refractivity (Wildman–Crippen MR) is 425 cm³/mol. The first-order valence-electron chi connectivity index (χ1n) is 42.5. The zero-order chi connectivity index (χ0) is 78.2. The molecule has 0 fully saturated rings. The zero-order valence-electron chi connectivity index (χ0n) is 68.7. The molecule has 0 unspecified atom stereocenters. The minimum absolute atomic E-state index is 0.0445. The molecule has 0 aliphatic rings. The van der Waals surface area contributed by atoms with Gasteiger partial charge in [-0.25, -0.2) is 9.59 Å². The van der Waals surface area contributed by atoms with E-state index in [0.717, 1.165) is 26.1 Å². The minimum Gasteiger partial charge on any atom is -0.460 e. The monoisotopic (exact) mass is 1570 g/mol. The van der Waals surface area contributed by atoms with Gasteiger partial charge in [-0.15, -0.1) is 0 Å². The van der Waals surface area contributed by atoms with E-state index in [1.54, 1.807) is 12.1 Å². The molecule has 0 radical (unpaired) electrons. The molecule has 110 heavy (non-hydrogen) atoms. The van der Waals surface area contributed by atoms with E-state index in [1.807, 2.05) is 0 Å². The van der Waals surface area contributed by atoms with Gasteiger partial charge < -0.3 is 104 Å². The van der Waals surface area contributed by atoms with E-state index < -0.39 is 11.9 Å². The van der Waals surface area contributed by atoms with Crippen molar-refractivity contribution in [3.63, 3.8) is 0 Å². The fourth-order valence-electron chi connectivity index (χ4n) is 10.9. The van der Waals surface area contributed by atoms with Crippen molar-refractivity contribution < 1.29 is 114 Å². The third kappa shape index (κ3) is 74.5. The Hall–Kier alpha value is -3.56. The molecule has 0 aromatic carbocycles. The van der Waals surface area contributed by atoms with Crippen molar-refractivity contribution in [2.75, 3.05) is 277 Å². The average molecular weight is 1570 g/mol. The van der Waals surface area contributed by atoms with E-state index in [4.69, 9.17) is 104 Å². The molecule has 0 saturated carbocycles. The van der Waals surface area contributed by atoms with Crippen molar-refractivity contribution >= 4 is 11.9 Å². The van der Waals surface area contributed by atoms with Crippen LogP contribution < -0.4 is 0 Å². The Bertz CT molecular complexity index is 2030. The molecule has 0 aliphatic carbocycles. The number of hydrogen-bond donors (Lipinski definition) is 0. The molecule has 642 valence electrons. The summed E-state index contributed by atoms with van der Waals surface area (Å²) < 4.78 is 122. The Balaban J connectivity index is 1.24. The molecular formula is C84H152N2O24. The van der Waals surface area contributed by atoms with Crippen molar-refractivity contribution in [3.05, 3.63) is 47.8 Å². The van der Waals surface area contributed by atoms with Gasteiger partial charge in [0, 0.05) is 25.6 Å². The van der Waals surface area contributed by atoms with E-state index in [9.17, 15) is 9.59 Å². The van der Waals surface area contributed by atoms with Gasteiger partial charge in [-0.05, 0) is 37.1 Å². The highest BCUT2D eigenvalue weighted by molar-refractivity contribution is 5.92. The molecule has 0 saturated heterocycles. The van der Waals surface area contributed by atoms with Gasteiger partial charge in [-0.2, -0.15) is 0 Å². The van der Waals surface area contributed by atoms with Crippen LogP contribution in [0.2, 0.25) is 0 Å². The highest BCUT2D eigenvalue weighted by Gasteiger charge is 2.14. The van der Waals surface area contributed by atoms with Gasteiger partial charge in [0.15, 0.2) is 0 Å². The van der Waals surface area contributed by atoms with E-state index in [-0.39, 0.29) is 37.6 Å². The van der Waals surface area contributed by atoms with Crippen LogP contribution in [0, 0.1) is 0 Å². The van der Waals surface area contributed by atoms with Crippen LogP contribution in [0.3, 0.4) is 0 Å². The molecule has 2 heterocycles. The van der Waals surface area contributed by atoms with Gasteiger partial charge >= 0.3 is 11.9 Å². The predicted octanol–water partition coefficient (Wildman–Crippen LogP) is 13.8. The van der Waals surface area contributed by atoms with Crippen molar-refractivity contribution in [1.29, 1.82) is 0 Å². The van der Waals surface area contributed by atoms with E-state index in [2.05, 4.69) is 23.8 Å². The van der Waals surface area contributed by atoms with Crippen LogP contribution >= 0.6 is 0 Å². The van der Waals surface area contributed by atoms with E-state index in [0.29, 0.717) is 249 Å². The van der Waals surface area contributed by atoms with Crippen LogP contribution in [-0.4, -0.2) is 299 Å². The minimum atomic E-state index is -0.551. The number of aromatic nitrogens is 2. The fraction of sp³-hybridized carbons (Fsp3) is 0.857. The van der Waals surface area contributed by atoms with Crippen LogP contribution in [0.15, 0.2) is 36.7 Å². The van der Waals surface area contributed by atoms with Crippen molar-refractivity contribution in [2.45, 2.75) is 194 Å². The van der Waals surface area contributed by atoms with Crippen LogP contribution in [0.1, 0.15) is 214 Å². The molecule has 26 heteroatoms. The number of carbonyl (C=O) groups excluding carboxylic acids is 2. The lowest BCUT2D eigenvalue weighted by molar-refractivity contribution is -0.0271. The molecule has 2 rings (SSSR count). The molecule has 26 nitrogen and oxygen atoms in total. The highest BCUT2D eigenvalue weighted by atomic mass is 16.6. The number of hydrogen-bond acceptors (Lipinski definition) is 26. The second kappa shape index (κ2) is 87.8. The second-order valence-corrected chi connectivity index (χ2v) is 26.6. The largest absolute Gasteiger partial charge is 0.460 e. The van der Waals surface area contributed by atoms with E-state index in [1.165, 1.54) is 191 Å². The second-order valence-electron chi connectivity index (χ2n) is 26.6. The first-order valence-corrected chi connectivity index (χ1v) is 42.5. The van der Waals surface area contributed by atoms with Crippen LogP contribution in [-0.2, 0) is 104 Å². The molecule has 2 aromatic heterocycles. The topological polar surface area (TPSA) is 263 Å². The summed E-state index contributed by atoms with van der Waals surface area (Å²) in [4.78, 5) is 34.3. The number of rotatable bonds is 93. The molecule has 2 aromatic rings. The molecule has 0 spiro atoms. The van der Waals surface area contributed by atoms with Crippen LogP contribution in [0.4, 0.5) is 0 Å². The number of carbonyl (C=O) groups is 2. The van der Waals surface area contributed by atoms with Crippen molar-refractivity contribution in [3.8, 4) is 11.4 Å². The summed E-state index contributed by atoms with van der Waals surface area (Å²) in [6.45, 7) is 23.9. The Labute approximate surface area is 663 Å². The quantitative estimate of drug-likeness (QED) is 0.0440. The molecule has 0 aliphatic heterocycles. The van der Waals surface area contributed by atoms with Crippen molar-refractivity contribution in [1.82, 2.24) is 9.97 Å². The SMILES string of the molecule is CCCCCCCCCCCCCCCCOCCOCCOCCOCCOCCOCCOCCOCCOCCOCCOC(=O)c1ccnc(-c2cc(C(=O)OCCOCCOCCOCCOCCOCCOCCOCCOCCOCCOCCCCCCCCCCCCCCCC)ccn2)c1. The molecule has 0 amide bonds. The van der Waals surface area contributed by atoms with Crippen LogP contribution in [0.5, 0.6) is 0 Å². The van der Waals surface area contributed by atoms with Gasteiger partial charge in [-0.3, -0.25) is 9.97 Å². The fourth-order valence-corrected chi connectivity index (χ4v) is 10.9. The number of esters is 2. The summed E-state index contributed by atoms with van der Waals surface area (Å²) in [6, 6.07) is 6.17. The maximum Gasteiger partial charge on any atom is 0.338 e. The number of nitrogens with zero attached hydrogens (tertiary/aromatic N) is 2. The highest BCUT2D eigenvalue weighted by Crippen LogP contribution is 2.19. The molecule has 0 bridgehead atoms. The third-order valence-corrected chi connectivity index (χ3v) is 17.2. The number of ether oxygens (including phenoxy) is 22. The molecular weight excluding hydrogens is 1420 g/mol. The Morgan fingerprint density at radius 1 is 0.200 bits per heavy atom. The molecule has 0 atom stereocenters. The van der Waals surface area contributed by atoms with E-state index >= 15 is 0 Å². The Morgan fingerprint density at radius 2 is 0.345 bits per heavy atom. The smallest absolute Gasteiger partial charge is 0.338 e. The van der Waals surface area contributed by atoms with Crippen LogP contribution in [0.25, 0.3) is 11.4 Å². The lowest BCUT2D eigenvalue weighted by atomic mass is 10.0. The lowest BCUT2D eigenvalue weighted by Gasteiger charge is -2.09. The summed E-state index contributed by atoms with van der Waals surface area (Å²) in [7, 11) is 0. The molecule has 0 N–H and O–H groups in total. The normalized spacial score (nSPS) is 11.6. The van der Waals surface area contributed by atoms with Gasteiger partial charge in [0.25, 0.3) is 0 Å². The van der Waals surface area contributed by atoms with Gasteiger partial charge in [-0.1, -0.05) is 181 Å². The van der Waals surface area contributed by atoms with Gasteiger partial charge in [0.1, 0.15) is 13.2 Å². The first-order chi connectivity index (χ1) is 54.7. The summed E-state index contributed by atoms with van der Waals surface area (Å²) in [5, 5.41) is 0. The van der Waals surface area contributed by atoms with Crippen molar-refractivity contribution in [2.24, 2.45) is 0 Å². The zero-order valence-corrected chi connectivity index (χ0v) is 68.7. The Kier molecular flexibility index (Phi) is 81.8. The number of unbranched alkanes of at least 4 members (excludes halogenated alkanes) is 26. The van der Waals surface area contributed by atoms with Gasteiger partial charge in [0.2, 0.25) is 0 Å². The average Bonchev–Trinajstić information content (AvgIpc) is 0.834. The maximum atomic E-state index is 12.8. The Morgan fingerprint density at radius 3 is 0.518 bits per heavy atom. The van der Waals surface area contributed by atoms with Gasteiger partial charge in [0.05, 0.1) is 274 Å². The first kappa shape index (κ1) is 103. The summed E-state index contributed by atoms with van der Waals surface area (Å²) in [6.07, 6.45) is 41.1. The number of pyridine rings is 2. The summed E-state index contributed by atoms with van der Waals surface area (Å²) in [5.41, 5.74) is 1.31. The maximum absolute atomic E-state index is 12.8.